The van der Waals surface area contributed by atoms with Gasteiger partial charge in [0.25, 0.3) is 0 Å². The van der Waals surface area contributed by atoms with E-state index in [2.05, 4.69) is 0 Å². The first-order chi connectivity index (χ1) is 6.42. The van der Waals surface area contributed by atoms with Gasteiger partial charge in [-0.3, -0.25) is 0 Å². The lowest BCUT2D eigenvalue weighted by atomic mass is 10.0. The molecule has 1 heterocycles. The van der Waals surface area contributed by atoms with Crippen LogP contribution in [-0.2, 0) is 20.2 Å². The quantitative estimate of drug-likeness (QED) is 0.695. The van der Waals surface area contributed by atoms with E-state index in [1.807, 2.05) is 13.0 Å². The summed E-state index contributed by atoms with van der Waals surface area (Å²) in [5.41, 5.74) is 0.668. The summed E-state index contributed by atoms with van der Waals surface area (Å²) >= 11 is 0. The highest BCUT2D eigenvalue weighted by Gasteiger charge is 2.41. The topological polar surface area (TPSA) is 46.7 Å². The van der Waals surface area contributed by atoms with Gasteiger partial charge < -0.3 is 4.74 Å². The van der Waals surface area contributed by atoms with Crippen molar-refractivity contribution in [2.24, 2.45) is 0 Å². The second kappa shape index (κ2) is 2.81. The van der Waals surface area contributed by atoms with Gasteiger partial charge in [-0.1, -0.05) is 12.1 Å². The highest BCUT2D eigenvalue weighted by atomic mass is 32.2. The normalized spacial score (nSPS) is 26.1. The molecule has 14 heavy (non-hydrogen) atoms. The fourth-order valence-electron chi connectivity index (χ4n) is 1.33. The fourth-order valence-corrected chi connectivity index (χ4v) is 2.00. The van der Waals surface area contributed by atoms with Crippen molar-refractivity contribution >= 4 is 9.84 Å². The second-order valence-electron chi connectivity index (χ2n) is 3.82. The van der Waals surface area contributed by atoms with Crippen LogP contribution in [0.2, 0.25) is 0 Å². The first-order valence-corrected chi connectivity index (χ1v) is 6.25. The zero-order valence-corrected chi connectivity index (χ0v) is 8.97. The molecule has 1 aliphatic rings. The third kappa shape index (κ3) is 1.67. The smallest absolute Gasteiger partial charge is 0.175 e. The molecule has 1 fully saturated rings. The van der Waals surface area contributed by atoms with Crippen LogP contribution in [0.3, 0.4) is 0 Å². The van der Waals surface area contributed by atoms with Crippen LogP contribution in [0.1, 0.15) is 12.5 Å². The fraction of sp³-hybridized carbons (Fsp3) is 0.400. The van der Waals surface area contributed by atoms with Crippen molar-refractivity contribution in [1.82, 2.24) is 0 Å². The second-order valence-corrected chi connectivity index (χ2v) is 5.84. The maximum Gasteiger partial charge on any atom is 0.175 e. The van der Waals surface area contributed by atoms with Gasteiger partial charge in [0.05, 0.1) is 11.5 Å². The Morgan fingerprint density at radius 2 is 2.07 bits per heavy atom. The number of rotatable bonds is 2. The third-order valence-corrected chi connectivity index (χ3v) is 3.56. The monoisotopic (exact) mass is 212 g/mol. The molecule has 0 bridgehead atoms. The average Bonchev–Trinajstić information content (AvgIpc) is 2.84. The Balaban J connectivity index is 2.47. The Kier molecular flexibility index (Phi) is 1.94. The van der Waals surface area contributed by atoms with E-state index in [1.165, 1.54) is 6.26 Å². The van der Waals surface area contributed by atoms with E-state index in [0.717, 1.165) is 5.56 Å². The van der Waals surface area contributed by atoms with Crippen LogP contribution >= 0.6 is 0 Å². The van der Waals surface area contributed by atoms with Gasteiger partial charge in [-0.2, -0.15) is 0 Å². The first-order valence-electron chi connectivity index (χ1n) is 4.36. The molecule has 0 aromatic heterocycles. The van der Waals surface area contributed by atoms with Crippen molar-refractivity contribution in [2.75, 3.05) is 12.9 Å². The number of benzene rings is 1. The predicted molar refractivity (Wildman–Crippen MR) is 52.9 cm³/mol. The van der Waals surface area contributed by atoms with Crippen molar-refractivity contribution in [3.63, 3.8) is 0 Å². The highest BCUT2D eigenvalue weighted by Crippen LogP contribution is 2.38. The van der Waals surface area contributed by atoms with E-state index in [4.69, 9.17) is 4.74 Å². The summed E-state index contributed by atoms with van der Waals surface area (Å²) in [6.07, 6.45) is 1.21. The molecule has 4 heteroatoms. The van der Waals surface area contributed by atoms with E-state index >= 15 is 0 Å². The molecule has 1 saturated heterocycles. The first kappa shape index (κ1) is 9.68. The van der Waals surface area contributed by atoms with Crippen LogP contribution in [-0.4, -0.2) is 21.3 Å². The molecule has 1 aromatic rings. The largest absolute Gasteiger partial charge is 0.365 e. The van der Waals surface area contributed by atoms with E-state index in [1.54, 1.807) is 18.2 Å². The number of epoxide rings is 1. The molecule has 0 unspecified atom stereocenters. The maximum atomic E-state index is 11.3. The van der Waals surface area contributed by atoms with Crippen LogP contribution < -0.4 is 0 Å². The number of hydrogen-bond acceptors (Lipinski definition) is 3. The molecule has 0 amide bonds. The minimum Gasteiger partial charge on any atom is -0.365 e. The Morgan fingerprint density at radius 1 is 1.43 bits per heavy atom. The Hall–Kier alpha value is -0.870. The Labute approximate surface area is 83.6 Å². The minimum atomic E-state index is -3.11. The van der Waals surface area contributed by atoms with Crippen LogP contribution in [0.15, 0.2) is 29.2 Å². The molecule has 0 aliphatic carbocycles. The molecule has 0 N–H and O–H groups in total. The predicted octanol–water partition coefficient (Wildman–Crippen LogP) is 1.34. The molecular formula is C10H12O3S. The zero-order valence-electron chi connectivity index (χ0n) is 8.15. The Bertz CT molecular complexity index is 458. The standard InChI is InChI=1S/C10H12O3S/c1-10(7-13-10)8-4-3-5-9(6-8)14(2,11)12/h3-6H,7H2,1-2H3/t10-/m0/s1. The molecule has 1 aliphatic heterocycles. The van der Waals surface area contributed by atoms with Crippen LogP contribution in [0.4, 0.5) is 0 Å². The summed E-state index contributed by atoms with van der Waals surface area (Å²) < 4.78 is 27.8. The van der Waals surface area contributed by atoms with Gasteiger partial charge in [0, 0.05) is 6.26 Å². The molecule has 1 aromatic carbocycles. The lowest BCUT2D eigenvalue weighted by molar-refractivity contribution is 0.329. The third-order valence-electron chi connectivity index (χ3n) is 2.45. The van der Waals surface area contributed by atoms with E-state index in [9.17, 15) is 8.42 Å². The van der Waals surface area contributed by atoms with Gasteiger partial charge in [-0.05, 0) is 24.6 Å². The summed E-state index contributed by atoms with van der Waals surface area (Å²) in [5.74, 6) is 0. The molecule has 76 valence electrons. The highest BCUT2D eigenvalue weighted by molar-refractivity contribution is 7.90. The molecule has 0 saturated carbocycles. The summed E-state index contributed by atoms with van der Waals surface area (Å²) in [7, 11) is -3.11. The molecule has 0 radical (unpaired) electrons. The van der Waals surface area contributed by atoms with Gasteiger partial charge in [0.15, 0.2) is 9.84 Å². The number of ether oxygens (including phenoxy) is 1. The van der Waals surface area contributed by atoms with Gasteiger partial charge >= 0.3 is 0 Å². The summed E-state index contributed by atoms with van der Waals surface area (Å²) in [4.78, 5) is 0.353. The van der Waals surface area contributed by atoms with Crippen molar-refractivity contribution in [1.29, 1.82) is 0 Å². The maximum absolute atomic E-state index is 11.3. The van der Waals surface area contributed by atoms with Gasteiger partial charge in [0.2, 0.25) is 0 Å². The molecule has 2 rings (SSSR count). The van der Waals surface area contributed by atoms with Crippen LogP contribution in [0.25, 0.3) is 0 Å². The van der Waals surface area contributed by atoms with E-state index in [-0.39, 0.29) is 5.60 Å². The zero-order chi connectivity index (χ0) is 10.4. The van der Waals surface area contributed by atoms with Crippen molar-refractivity contribution in [3.05, 3.63) is 29.8 Å². The number of sulfone groups is 1. The molecular weight excluding hydrogens is 200 g/mol. The molecule has 3 nitrogen and oxygen atoms in total. The number of hydrogen-bond donors (Lipinski definition) is 0. The van der Waals surface area contributed by atoms with E-state index in [0.29, 0.717) is 11.5 Å². The Morgan fingerprint density at radius 3 is 2.57 bits per heavy atom. The van der Waals surface area contributed by atoms with Gasteiger partial charge in [0.1, 0.15) is 5.60 Å². The average molecular weight is 212 g/mol. The summed E-state index contributed by atoms with van der Waals surface area (Å²) in [6.45, 7) is 2.62. The van der Waals surface area contributed by atoms with Crippen LogP contribution in [0.5, 0.6) is 0 Å². The lowest BCUT2D eigenvalue weighted by Crippen LogP contribution is -2.04. The minimum absolute atomic E-state index is 0.263. The van der Waals surface area contributed by atoms with Crippen molar-refractivity contribution < 1.29 is 13.2 Å². The van der Waals surface area contributed by atoms with Gasteiger partial charge in [-0.25, -0.2) is 8.42 Å². The molecule has 1 atom stereocenters. The van der Waals surface area contributed by atoms with Crippen molar-refractivity contribution in [2.45, 2.75) is 17.4 Å². The molecule has 0 spiro atoms. The summed E-state index contributed by atoms with van der Waals surface area (Å²) in [5, 5.41) is 0. The van der Waals surface area contributed by atoms with Crippen LogP contribution in [0, 0.1) is 0 Å². The lowest BCUT2D eigenvalue weighted by Gasteiger charge is -2.06. The van der Waals surface area contributed by atoms with E-state index < -0.39 is 9.84 Å². The summed E-state index contributed by atoms with van der Waals surface area (Å²) in [6, 6.07) is 6.92. The van der Waals surface area contributed by atoms with Gasteiger partial charge in [-0.15, -0.1) is 0 Å². The SMILES string of the molecule is C[C@@]1(c2cccc(S(C)(=O)=O)c2)CO1. The van der Waals surface area contributed by atoms with Crippen molar-refractivity contribution in [3.8, 4) is 0 Å².